The van der Waals surface area contributed by atoms with Crippen molar-refractivity contribution >= 4 is 6.09 Å². The molecule has 0 aliphatic carbocycles. The largest absolute Gasteiger partial charge is 0.443 e. The van der Waals surface area contributed by atoms with E-state index in [9.17, 15) is 4.79 Å². The molecule has 0 saturated heterocycles. The summed E-state index contributed by atoms with van der Waals surface area (Å²) in [4.78, 5) is 13.5. The van der Waals surface area contributed by atoms with Gasteiger partial charge in [0, 0.05) is 6.20 Å². The van der Waals surface area contributed by atoms with Gasteiger partial charge >= 0.3 is 6.09 Å². The maximum atomic E-state index is 12.0. The van der Waals surface area contributed by atoms with Gasteiger partial charge in [-0.05, 0) is 33.3 Å². The van der Waals surface area contributed by atoms with E-state index in [0.717, 1.165) is 5.56 Å². The van der Waals surface area contributed by atoms with Gasteiger partial charge in [0.25, 0.3) is 0 Å². The van der Waals surface area contributed by atoms with Crippen LogP contribution in [0.1, 0.15) is 39.3 Å². The van der Waals surface area contributed by atoms with Gasteiger partial charge in [0.15, 0.2) is 0 Å². The smallest absolute Gasteiger partial charge is 0.414 e. The molecule has 0 spiro atoms. The molecule has 0 bridgehead atoms. The third kappa shape index (κ3) is 3.91. The molecule has 0 aromatic heterocycles. The number of benzene rings is 1. The normalized spacial score (nSPS) is 12.7. The van der Waals surface area contributed by atoms with Crippen molar-refractivity contribution in [2.45, 2.75) is 39.3 Å². The Kier molecular flexibility index (Phi) is 4.54. The van der Waals surface area contributed by atoms with Crippen molar-refractivity contribution < 1.29 is 9.53 Å². The van der Waals surface area contributed by atoms with Gasteiger partial charge in [-0.15, -0.1) is 0 Å². The first-order valence-electron chi connectivity index (χ1n) is 6.04. The lowest BCUT2D eigenvalue weighted by Gasteiger charge is -2.29. The Hall–Kier alpha value is -1.77. The van der Waals surface area contributed by atoms with Crippen molar-refractivity contribution in [2.75, 3.05) is 0 Å². The molecule has 0 heterocycles. The molecule has 1 atom stereocenters. The summed E-state index contributed by atoms with van der Waals surface area (Å²) in [7, 11) is 0. The molecule has 0 fully saturated rings. The van der Waals surface area contributed by atoms with E-state index >= 15 is 0 Å². The van der Waals surface area contributed by atoms with E-state index in [2.05, 4.69) is 6.58 Å². The fourth-order valence-corrected chi connectivity index (χ4v) is 1.60. The number of hydrogen-bond donors (Lipinski definition) is 0. The number of rotatable bonds is 3. The van der Waals surface area contributed by atoms with Crippen LogP contribution in [0.4, 0.5) is 4.79 Å². The number of nitrogens with zero attached hydrogens (tertiary/aromatic N) is 1. The van der Waals surface area contributed by atoms with E-state index in [0.29, 0.717) is 0 Å². The van der Waals surface area contributed by atoms with Crippen molar-refractivity contribution in [1.29, 1.82) is 0 Å². The second-order valence-electron chi connectivity index (χ2n) is 5.16. The predicted molar refractivity (Wildman–Crippen MR) is 73.1 cm³/mol. The molecule has 0 aliphatic rings. The lowest BCUT2D eigenvalue weighted by Crippen LogP contribution is -2.34. The van der Waals surface area contributed by atoms with Crippen LogP contribution in [0, 0.1) is 0 Å². The molecule has 1 aromatic rings. The lowest BCUT2D eigenvalue weighted by molar-refractivity contribution is 0.0279. The Morgan fingerprint density at radius 2 is 1.89 bits per heavy atom. The highest BCUT2D eigenvalue weighted by Gasteiger charge is 2.24. The molecule has 1 amide bonds. The van der Waals surface area contributed by atoms with E-state index in [1.165, 1.54) is 11.1 Å². The Morgan fingerprint density at radius 3 is 2.33 bits per heavy atom. The maximum absolute atomic E-state index is 12.0. The average molecular weight is 247 g/mol. The van der Waals surface area contributed by atoms with Crippen LogP contribution in [0.3, 0.4) is 0 Å². The molecule has 18 heavy (non-hydrogen) atoms. The van der Waals surface area contributed by atoms with Crippen molar-refractivity contribution in [3.05, 3.63) is 48.7 Å². The van der Waals surface area contributed by atoms with Gasteiger partial charge in [0.1, 0.15) is 5.60 Å². The molecule has 0 N–H and O–H groups in total. The SMILES string of the molecule is C=CN(C(=O)OC(C)(C)C)C(C)c1ccccc1. The van der Waals surface area contributed by atoms with Crippen LogP contribution in [0.25, 0.3) is 0 Å². The zero-order valence-corrected chi connectivity index (χ0v) is 11.5. The first-order chi connectivity index (χ1) is 8.35. The highest BCUT2D eigenvalue weighted by Crippen LogP contribution is 2.22. The van der Waals surface area contributed by atoms with Crippen LogP contribution in [0.15, 0.2) is 43.1 Å². The number of hydrogen-bond acceptors (Lipinski definition) is 2. The van der Waals surface area contributed by atoms with E-state index in [-0.39, 0.29) is 12.1 Å². The summed E-state index contributed by atoms with van der Waals surface area (Å²) in [5.74, 6) is 0. The van der Waals surface area contributed by atoms with Crippen molar-refractivity contribution in [2.24, 2.45) is 0 Å². The molecule has 0 saturated carbocycles. The van der Waals surface area contributed by atoms with Gasteiger partial charge in [-0.25, -0.2) is 4.79 Å². The van der Waals surface area contributed by atoms with Crippen molar-refractivity contribution in [3.8, 4) is 0 Å². The Morgan fingerprint density at radius 1 is 1.33 bits per heavy atom. The third-order valence-corrected chi connectivity index (χ3v) is 2.50. The zero-order valence-electron chi connectivity index (χ0n) is 11.5. The molecule has 1 aromatic carbocycles. The lowest BCUT2D eigenvalue weighted by atomic mass is 10.1. The van der Waals surface area contributed by atoms with Gasteiger partial charge in [-0.2, -0.15) is 0 Å². The minimum Gasteiger partial charge on any atom is -0.443 e. The first-order valence-corrected chi connectivity index (χ1v) is 6.04. The second kappa shape index (κ2) is 5.71. The summed E-state index contributed by atoms with van der Waals surface area (Å²) in [5, 5.41) is 0. The molecular formula is C15H21NO2. The average Bonchev–Trinajstić information content (AvgIpc) is 2.28. The van der Waals surface area contributed by atoms with E-state index < -0.39 is 5.60 Å². The minimum atomic E-state index is -0.505. The highest BCUT2D eigenvalue weighted by atomic mass is 16.6. The summed E-state index contributed by atoms with van der Waals surface area (Å²) in [6.07, 6.45) is 1.13. The van der Waals surface area contributed by atoms with E-state index in [1.807, 2.05) is 58.0 Å². The van der Waals surface area contributed by atoms with Crippen molar-refractivity contribution in [3.63, 3.8) is 0 Å². The predicted octanol–water partition coefficient (Wildman–Crippen LogP) is 4.13. The highest BCUT2D eigenvalue weighted by molar-refractivity contribution is 5.70. The molecule has 98 valence electrons. The van der Waals surface area contributed by atoms with Crippen LogP contribution in [-0.2, 0) is 4.74 Å². The molecule has 3 heteroatoms. The fourth-order valence-electron chi connectivity index (χ4n) is 1.60. The van der Waals surface area contributed by atoms with Gasteiger partial charge in [0.05, 0.1) is 6.04 Å². The van der Waals surface area contributed by atoms with Crippen LogP contribution >= 0.6 is 0 Å². The summed E-state index contributed by atoms with van der Waals surface area (Å²) >= 11 is 0. The Labute approximate surface area is 109 Å². The monoisotopic (exact) mass is 247 g/mol. The first kappa shape index (κ1) is 14.3. The molecule has 0 aliphatic heterocycles. The number of amides is 1. The summed E-state index contributed by atoms with van der Waals surface area (Å²) in [5.41, 5.74) is 0.539. The van der Waals surface area contributed by atoms with Crippen molar-refractivity contribution in [1.82, 2.24) is 4.90 Å². The quantitative estimate of drug-likeness (QED) is 0.803. The summed E-state index contributed by atoms with van der Waals surface area (Å²) < 4.78 is 5.35. The van der Waals surface area contributed by atoms with E-state index in [1.54, 1.807) is 0 Å². The molecule has 0 radical (unpaired) electrons. The van der Waals surface area contributed by atoms with Gasteiger partial charge in [-0.1, -0.05) is 36.9 Å². The number of carbonyl (C=O) groups is 1. The van der Waals surface area contributed by atoms with Gasteiger partial charge < -0.3 is 4.74 Å². The second-order valence-corrected chi connectivity index (χ2v) is 5.16. The fraction of sp³-hybridized carbons (Fsp3) is 0.400. The van der Waals surface area contributed by atoms with Crippen LogP contribution in [-0.4, -0.2) is 16.6 Å². The standard InChI is InChI=1S/C15H21NO2/c1-6-16(14(17)18-15(3,4)5)12(2)13-10-8-7-9-11-13/h6-12H,1H2,2-5H3. The Balaban J connectivity index is 2.84. The topological polar surface area (TPSA) is 29.5 Å². The third-order valence-electron chi connectivity index (χ3n) is 2.50. The molecule has 1 rings (SSSR count). The maximum Gasteiger partial charge on any atom is 0.414 e. The van der Waals surface area contributed by atoms with Crippen LogP contribution < -0.4 is 0 Å². The van der Waals surface area contributed by atoms with Crippen LogP contribution in [0.2, 0.25) is 0 Å². The Bertz CT molecular complexity index is 406. The molecular weight excluding hydrogens is 226 g/mol. The van der Waals surface area contributed by atoms with Crippen LogP contribution in [0.5, 0.6) is 0 Å². The number of ether oxygens (including phenoxy) is 1. The minimum absolute atomic E-state index is 0.0986. The van der Waals surface area contributed by atoms with Gasteiger partial charge in [-0.3, -0.25) is 4.90 Å². The summed E-state index contributed by atoms with van der Waals surface area (Å²) in [6.45, 7) is 11.2. The number of carbonyl (C=O) groups excluding carboxylic acids is 1. The zero-order chi connectivity index (χ0) is 13.8. The molecule has 3 nitrogen and oxygen atoms in total. The van der Waals surface area contributed by atoms with E-state index in [4.69, 9.17) is 4.74 Å². The summed E-state index contributed by atoms with van der Waals surface area (Å²) in [6, 6.07) is 9.70. The molecule has 1 unspecified atom stereocenters. The van der Waals surface area contributed by atoms with Gasteiger partial charge in [0.2, 0.25) is 0 Å².